The van der Waals surface area contributed by atoms with E-state index in [1.165, 1.54) is 12.4 Å². The van der Waals surface area contributed by atoms with Crippen LogP contribution in [0, 0.1) is 0 Å². The van der Waals surface area contributed by atoms with E-state index in [2.05, 4.69) is 4.98 Å². The van der Waals surface area contributed by atoms with Crippen molar-refractivity contribution < 1.29 is 9.90 Å². The molecular formula is C9H9N3O2. The Kier molecular flexibility index (Phi) is 1.94. The first-order chi connectivity index (χ1) is 6.70. The molecule has 2 aromatic rings. The zero-order chi connectivity index (χ0) is 10.1. The Bertz CT molecular complexity index is 490. The largest absolute Gasteiger partial charge is 0.476 e. The van der Waals surface area contributed by atoms with Gasteiger partial charge in [0.15, 0.2) is 5.69 Å². The van der Waals surface area contributed by atoms with E-state index < -0.39 is 5.97 Å². The number of aromatic carboxylic acids is 1. The fourth-order valence-corrected chi connectivity index (χ4v) is 1.29. The lowest BCUT2D eigenvalue weighted by Crippen LogP contribution is -2.01. The van der Waals surface area contributed by atoms with Crippen molar-refractivity contribution in [2.75, 3.05) is 0 Å². The van der Waals surface area contributed by atoms with E-state index in [-0.39, 0.29) is 5.69 Å². The zero-order valence-corrected chi connectivity index (χ0v) is 7.34. The molecule has 0 unspecified atom stereocenters. The smallest absolute Gasteiger partial charge is 0.356 e. The Morgan fingerprint density at radius 2 is 2.36 bits per heavy atom. The first kappa shape index (κ1) is 8.71. The number of hydrogen-bond donors (Lipinski definition) is 2. The van der Waals surface area contributed by atoms with Gasteiger partial charge in [-0.2, -0.15) is 0 Å². The molecule has 2 aromatic heterocycles. The van der Waals surface area contributed by atoms with E-state index in [1.54, 1.807) is 10.6 Å². The van der Waals surface area contributed by atoms with Crippen LogP contribution in [0.25, 0.3) is 5.52 Å². The summed E-state index contributed by atoms with van der Waals surface area (Å²) in [4.78, 5) is 14.4. The minimum absolute atomic E-state index is 0.0247. The van der Waals surface area contributed by atoms with Gasteiger partial charge in [-0.05, 0) is 11.6 Å². The molecule has 0 spiro atoms. The number of nitrogens with two attached hydrogens (primary N) is 1. The standard InChI is InChI=1S/C9H9N3O2/c10-2-6-1-7-3-11-8(9(13)14)5-12(7)4-6/h1,3-5H,2,10H2,(H,13,14). The van der Waals surface area contributed by atoms with E-state index in [9.17, 15) is 4.79 Å². The predicted molar refractivity (Wildman–Crippen MR) is 50.0 cm³/mol. The third-order valence-corrected chi connectivity index (χ3v) is 1.99. The van der Waals surface area contributed by atoms with Crippen molar-refractivity contribution in [1.82, 2.24) is 9.38 Å². The highest BCUT2D eigenvalue weighted by molar-refractivity contribution is 5.85. The molecule has 0 amide bonds. The molecule has 0 radical (unpaired) electrons. The Balaban J connectivity index is 2.59. The second kappa shape index (κ2) is 3.12. The molecular weight excluding hydrogens is 182 g/mol. The van der Waals surface area contributed by atoms with Crippen molar-refractivity contribution in [2.24, 2.45) is 5.73 Å². The molecule has 0 saturated heterocycles. The van der Waals surface area contributed by atoms with E-state index in [0.717, 1.165) is 11.1 Å². The van der Waals surface area contributed by atoms with E-state index >= 15 is 0 Å². The molecule has 0 aromatic carbocycles. The van der Waals surface area contributed by atoms with Crippen LogP contribution in [0.2, 0.25) is 0 Å². The summed E-state index contributed by atoms with van der Waals surface area (Å²) in [6.07, 6.45) is 4.78. The lowest BCUT2D eigenvalue weighted by atomic mass is 10.3. The van der Waals surface area contributed by atoms with Gasteiger partial charge in [0.05, 0.1) is 11.7 Å². The van der Waals surface area contributed by atoms with Crippen molar-refractivity contribution in [3.05, 3.63) is 35.9 Å². The van der Waals surface area contributed by atoms with Crippen LogP contribution in [-0.4, -0.2) is 20.5 Å². The second-order valence-corrected chi connectivity index (χ2v) is 2.96. The summed E-state index contributed by atoms with van der Waals surface area (Å²) >= 11 is 0. The molecule has 0 saturated carbocycles. The first-order valence-electron chi connectivity index (χ1n) is 4.10. The summed E-state index contributed by atoms with van der Waals surface area (Å²) in [5.74, 6) is -1.03. The molecule has 0 atom stereocenters. The van der Waals surface area contributed by atoms with Crippen molar-refractivity contribution in [3.8, 4) is 0 Å². The molecule has 2 heterocycles. The third-order valence-electron chi connectivity index (χ3n) is 1.99. The van der Waals surface area contributed by atoms with Gasteiger partial charge in [0.1, 0.15) is 0 Å². The van der Waals surface area contributed by atoms with Gasteiger partial charge in [-0.15, -0.1) is 0 Å². The number of fused-ring (bicyclic) bond motifs is 1. The topological polar surface area (TPSA) is 80.6 Å². The number of carboxylic acid groups (broad SMARTS) is 1. The van der Waals surface area contributed by atoms with Crippen LogP contribution in [0.3, 0.4) is 0 Å². The second-order valence-electron chi connectivity index (χ2n) is 2.96. The molecule has 0 aliphatic heterocycles. The summed E-state index contributed by atoms with van der Waals surface area (Å²) in [6.45, 7) is 0.435. The molecule has 0 aliphatic rings. The molecule has 2 rings (SSSR count). The van der Waals surface area contributed by atoms with Gasteiger partial charge >= 0.3 is 5.97 Å². The van der Waals surface area contributed by atoms with Crippen LogP contribution < -0.4 is 5.73 Å². The summed E-state index contributed by atoms with van der Waals surface area (Å²) in [6, 6.07) is 1.87. The predicted octanol–water partition coefficient (Wildman–Crippen LogP) is 0.491. The number of carbonyl (C=O) groups is 1. The Morgan fingerprint density at radius 1 is 1.57 bits per heavy atom. The van der Waals surface area contributed by atoms with Crippen LogP contribution in [0.4, 0.5) is 0 Å². The van der Waals surface area contributed by atoms with Gasteiger partial charge in [-0.3, -0.25) is 0 Å². The number of carboxylic acids is 1. The van der Waals surface area contributed by atoms with Crippen LogP contribution in [-0.2, 0) is 6.54 Å². The Morgan fingerprint density at radius 3 is 3.00 bits per heavy atom. The van der Waals surface area contributed by atoms with Gasteiger partial charge in [0.2, 0.25) is 0 Å². The molecule has 0 aliphatic carbocycles. The highest BCUT2D eigenvalue weighted by Crippen LogP contribution is 2.09. The summed E-state index contributed by atoms with van der Waals surface area (Å²) in [7, 11) is 0. The Hall–Kier alpha value is -1.88. The maximum Gasteiger partial charge on any atom is 0.356 e. The average molecular weight is 191 g/mol. The molecule has 0 bridgehead atoms. The molecule has 3 N–H and O–H groups in total. The zero-order valence-electron chi connectivity index (χ0n) is 7.34. The van der Waals surface area contributed by atoms with Crippen molar-refractivity contribution in [1.29, 1.82) is 0 Å². The quantitative estimate of drug-likeness (QED) is 0.723. The monoisotopic (exact) mass is 191 g/mol. The van der Waals surface area contributed by atoms with Crippen LogP contribution in [0.1, 0.15) is 16.1 Å². The highest BCUT2D eigenvalue weighted by atomic mass is 16.4. The average Bonchev–Trinajstić information content (AvgIpc) is 2.58. The summed E-state index contributed by atoms with van der Waals surface area (Å²) < 4.78 is 1.71. The fourth-order valence-electron chi connectivity index (χ4n) is 1.29. The first-order valence-corrected chi connectivity index (χ1v) is 4.10. The molecule has 5 heteroatoms. The van der Waals surface area contributed by atoms with Crippen LogP contribution in [0.15, 0.2) is 24.7 Å². The van der Waals surface area contributed by atoms with Crippen molar-refractivity contribution in [3.63, 3.8) is 0 Å². The molecule has 0 fully saturated rings. The van der Waals surface area contributed by atoms with Crippen LogP contribution in [0.5, 0.6) is 0 Å². The SMILES string of the molecule is NCc1cc2cnc(C(=O)O)cn2c1. The Labute approximate surface area is 79.8 Å². The summed E-state index contributed by atoms with van der Waals surface area (Å²) in [5.41, 5.74) is 7.28. The minimum atomic E-state index is -1.03. The lowest BCUT2D eigenvalue weighted by Gasteiger charge is -1.95. The number of rotatable bonds is 2. The van der Waals surface area contributed by atoms with E-state index in [4.69, 9.17) is 10.8 Å². The fraction of sp³-hybridized carbons (Fsp3) is 0.111. The molecule has 72 valence electrons. The van der Waals surface area contributed by atoms with Gasteiger partial charge < -0.3 is 15.2 Å². The van der Waals surface area contributed by atoms with E-state index in [1.807, 2.05) is 6.07 Å². The summed E-state index contributed by atoms with van der Waals surface area (Å²) in [5, 5.41) is 8.71. The van der Waals surface area contributed by atoms with Crippen molar-refractivity contribution >= 4 is 11.5 Å². The maximum atomic E-state index is 10.6. The lowest BCUT2D eigenvalue weighted by molar-refractivity contribution is 0.0690. The van der Waals surface area contributed by atoms with Gasteiger partial charge in [0.25, 0.3) is 0 Å². The number of nitrogens with zero attached hydrogens (tertiary/aromatic N) is 2. The van der Waals surface area contributed by atoms with E-state index in [0.29, 0.717) is 6.54 Å². The van der Waals surface area contributed by atoms with Gasteiger partial charge in [0, 0.05) is 18.9 Å². The third kappa shape index (κ3) is 1.33. The normalized spacial score (nSPS) is 10.6. The van der Waals surface area contributed by atoms with Crippen molar-refractivity contribution in [2.45, 2.75) is 6.54 Å². The van der Waals surface area contributed by atoms with Gasteiger partial charge in [-0.25, -0.2) is 9.78 Å². The molecule has 5 nitrogen and oxygen atoms in total. The van der Waals surface area contributed by atoms with Crippen LogP contribution >= 0.6 is 0 Å². The maximum absolute atomic E-state index is 10.6. The number of aromatic nitrogens is 2. The minimum Gasteiger partial charge on any atom is -0.476 e. The highest BCUT2D eigenvalue weighted by Gasteiger charge is 2.05. The van der Waals surface area contributed by atoms with Gasteiger partial charge in [-0.1, -0.05) is 0 Å². The number of hydrogen-bond acceptors (Lipinski definition) is 3. The molecule has 14 heavy (non-hydrogen) atoms.